The van der Waals surface area contributed by atoms with Crippen molar-refractivity contribution in [3.05, 3.63) is 58.7 Å². The fourth-order valence-corrected chi connectivity index (χ4v) is 4.00. The number of piperazine rings is 1. The summed E-state index contributed by atoms with van der Waals surface area (Å²) in [5.41, 5.74) is 7.35. The average Bonchev–Trinajstić information content (AvgIpc) is 3.12. The van der Waals surface area contributed by atoms with E-state index in [1.54, 1.807) is 0 Å². The highest BCUT2D eigenvalue weighted by molar-refractivity contribution is 5.98. The molecule has 4 nitrogen and oxygen atoms in total. The van der Waals surface area contributed by atoms with Crippen LogP contribution >= 0.6 is 0 Å². The fourth-order valence-electron chi connectivity index (χ4n) is 4.00. The maximum atomic E-state index is 12.7. The lowest BCUT2D eigenvalue weighted by molar-refractivity contribution is 0.0926. The Kier molecular flexibility index (Phi) is 4.68. The van der Waals surface area contributed by atoms with Crippen LogP contribution in [0.1, 0.15) is 27.0 Å². The van der Waals surface area contributed by atoms with Gasteiger partial charge in [0.15, 0.2) is 5.78 Å². The largest absolute Gasteiger partial charge is 0.384 e. The van der Waals surface area contributed by atoms with E-state index in [1.165, 1.54) is 28.1 Å². The third kappa shape index (κ3) is 3.34. The molecule has 4 rings (SSSR count). The lowest BCUT2D eigenvalue weighted by Crippen LogP contribution is -2.48. The SMILES string of the molecule is Cc1cccc(N2CCN(CC(=O)c3ccc4c(c3)CCN4)CC2)c1C. The fraction of sp³-hybridized carbons (Fsp3) is 0.409. The molecule has 2 aliphatic rings. The van der Waals surface area contributed by atoms with E-state index >= 15 is 0 Å². The normalized spacial score (nSPS) is 17.1. The first kappa shape index (κ1) is 17.1. The zero-order valence-electron chi connectivity index (χ0n) is 15.7. The van der Waals surface area contributed by atoms with Crippen molar-refractivity contribution in [2.75, 3.05) is 49.5 Å². The first-order valence-corrected chi connectivity index (χ1v) is 9.55. The Labute approximate surface area is 155 Å². The first-order valence-electron chi connectivity index (χ1n) is 9.55. The van der Waals surface area contributed by atoms with Crippen molar-refractivity contribution >= 4 is 17.2 Å². The number of anilines is 2. The van der Waals surface area contributed by atoms with Gasteiger partial charge in [-0.1, -0.05) is 12.1 Å². The third-order valence-electron chi connectivity index (χ3n) is 5.79. The van der Waals surface area contributed by atoms with Crippen molar-refractivity contribution in [2.45, 2.75) is 20.3 Å². The molecule has 1 N–H and O–H groups in total. The van der Waals surface area contributed by atoms with E-state index in [1.807, 2.05) is 12.1 Å². The molecule has 4 heteroatoms. The van der Waals surface area contributed by atoms with Gasteiger partial charge in [-0.3, -0.25) is 9.69 Å². The molecule has 0 radical (unpaired) electrons. The van der Waals surface area contributed by atoms with Crippen molar-refractivity contribution in [1.82, 2.24) is 4.90 Å². The van der Waals surface area contributed by atoms with Gasteiger partial charge in [-0.15, -0.1) is 0 Å². The standard InChI is InChI=1S/C22H27N3O/c1-16-4-3-5-21(17(16)2)25-12-10-24(11-13-25)15-22(26)19-6-7-20-18(14-19)8-9-23-20/h3-7,14,23H,8-13,15H2,1-2H3. The van der Waals surface area contributed by atoms with E-state index in [-0.39, 0.29) is 5.78 Å². The summed E-state index contributed by atoms with van der Waals surface area (Å²) >= 11 is 0. The number of rotatable bonds is 4. The number of aryl methyl sites for hydroxylation is 1. The Morgan fingerprint density at radius 2 is 1.88 bits per heavy atom. The van der Waals surface area contributed by atoms with Gasteiger partial charge in [0.25, 0.3) is 0 Å². The molecule has 0 atom stereocenters. The molecular formula is C22H27N3O. The molecule has 0 spiro atoms. The van der Waals surface area contributed by atoms with E-state index in [0.717, 1.165) is 44.7 Å². The molecule has 0 saturated carbocycles. The number of carbonyl (C=O) groups is 1. The van der Waals surface area contributed by atoms with Crippen molar-refractivity contribution in [2.24, 2.45) is 0 Å². The number of benzene rings is 2. The highest BCUT2D eigenvalue weighted by Crippen LogP contribution is 2.25. The van der Waals surface area contributed by atoms with Crippen LogP contribution in [0.5, 0.6) is 0 Å². The summed E-state index contributed by atoms with van der Waals surface area (Å²) in [6.45, 7) is 9.69. The van der Waals surface area contributed by atoms with Gasteiger partial charge in [-0.25, -0.2) is 0 Å². The molecule has 136 valence electrons. The maximum absolute atomic E-state index is 12.7. The minimum Gasteiger partial charge on any atom is -0.384 e. The molecule has 1 saturated heterocycles. The highest BCUT2D eigenvalue weighted by Gasteiger charge is 2.21. The molecule has 0 aliphatic carbocycles. The number of ketones is 1. The second-order valence-corrected chi connectivity index (χ2v) is 7.45. The number of carbonyl (C=O) groups excluding carboxylic acids is 1. The van der Waals surface area contributed by atoms with Gasteiger partial charge in [0, 0.05) is 49.7 Å². The molecule has 0 amide bonds. The van der Waals surface area contributed by atoms with E-state index < -0.39 is 0 Å². The lowest BCUT2D eigenvalue weighted by Gasteiger charge is -2.36. The topological polar surface area (TPSA) is 35.6 Å². The van der Waals surface area contributed by atoms with Gasteiger partial charge < -0.3 is 10.2 Å². The summed E-state index contributed by atoms with van der Waals surface area (Å²) < 4.78 is 0. The summed E-state index contributed by atoms with van der Waals surface area (Å²) in [6.07, 6.45) is 1.02. The van der Waals surface area contributed by atoms with Crippen LogP contribution in [-0.4, -0.2) is 50.0 Å². The second kappa shape index (κ2) is 7.12. The van der Waals surface area contributed by atoms with Crippen LogP contribution in [-0.2, 0) is 6.42 Å². The molecule has 2 aliphatic heterocycles. The summed E-state index contributed by atoms with van der Waals surface area (Å²) in [4.78, 5) is 17.4. The Bertz CT molecular complexity index is 822. The van der Waals surface area contributed by atoms with Crippen LogP contribution in [0.3, 0.4) is 0 Å². The Hall–Kier alpha value is -2.33. The van der Waals surface area contributed by atoms with Gasteiger partial charge in [0.05, 0.1) is 6.54 Å². The lowest BCUT2D eigenvalue weighted by atomic mass is 10.0. The van der Waals surface area contributed by atoms with E-state index in [4.69, 9.17) is 0 Å². The van der Waals surface area contributed by atoms with E-state index in [2.05, 4.69) is 53.2 Å². The van der Waals surface area contributed by atoms with Crippen molar-refractivity contribution in [1.29, 1.82) is 0 Å². The van der Waals surface area contributed by atoms with Crippen LogP contribution in [0.15, 0.2) is 36.4 Å². The summed E-state index contributed by atoms with van der Waals surface area (Å²) in [5.74, 6) is 0.236. The number of Topliss-reactive ketones (excluding diaryl/α,β-unsaturated/α-hetero) is 1. The molecule has 0 unspecified atom stereocenters. The second-order valence-electron chi connectivity index (χ2n) is 7.45. The van der Waals surface area contributed by atoms with Gasteiger partial charge in [-0.2, -0.15) is 0 Å². The minimum absolute atomic E-state index is 0.236. The Balaban J connectivity index is 1.36. The molecule has 0 aromatic heterocycles. The maximum Gasteiger partial charge on any atom is 0.176 e. The van der Waals surface area contributed by atoms with Crippen LogP contribution in [0.25, 0.3) is 0 Å². The smallest absolute Gasteiger partial charge is 0.176 e. The molecule has 0 bridgehead atoms. The average molecular weight is 349 g/mol. The number of nitrogens with one attached hydrogen (secondary N) is 1. The van der Waals surface area contributed by atoms with Crippen LogP contribution in [0, 0.1) is 13.8 Å². The summed E-state index contributed by atoms with van der Waals surface area (Å²) in [6, 6.07) is 12.6. The zero-order chi connectivity index (χ0) is 18.1. The molecule has 2 aromatic rings. The van der Waals surface area contributed by atoms with Gasteiger partial charge in [-0.05, 0) is 61.2 Å². The molecule has 26 heavy (non-hydrogen) atoms. The monoisotopic (exact) mass is 349 g/mol. The zero-order valence-corrected chi connectivity index (χ0v) is 15.7. The van der Waals surface area contributed by atoms with Crippen LogP contribution < -0.4 is 10.2 Å². The Morgan fingerprint density at radius 3 is 2.69 bits per heavy atom. The third-order valence-corrected chi connectivity index (χ3v) is 5.79. The number of hydrogen-bond donors (Lipinski definition) is 1. The molecule has 1 fully saturated rings. The van der Waals surface area contributed by atoms with Crippen molar-refractivity contribution in [3.63, 3.8) is 0 Å². The first-order chi connectivity index (χ1) is 12.6. The molecule has 2 heterocycles. The van der Waals surface area contributed by atoms with Gasteiger partial charge >= 0.3 is 0 Å². The molecular weight excluding hydrogens is 322 g/mol. The Morgan fingerprint density at radius 1 is 1.08 bits per heavy atom. The predicted molar refractivity (Wildman–Crippen MR) is 108 cm³/mol. The predicted octanol–water partition coefficient (Wildman–Crippen LogP) is 3.28. The van der Waals surface area contributed by atoms with Crippen molar-refractivity contribution in [3.8, 4) is 0 Å². The quantitative estimate of drug-likeness (QED) is 0.860. The van der Waals surface area contributed by atoms with Gasteiger partial charge in [0.2, 0.25) is 0 Å². The highest BCUT2D eigenvalue weighted by atomic mass is 16.1. The van der Waals surface area contributed by atoms with E-state index in [0.29, 0.717) is 6.54 Å². The number of nitrogens with zero attached hydrogens (tertiary/aromatic N) is 2. The van der Waals surface area contributed by atoms with Crippen molar-refractivity contribution < 1.29 is 4.79 Å². The molecule has 2 aromatic carbocycles. The summed E-state index contributed by atoms with van der Waals surface area (Å²) in [5, 5.41) is 3.35. The van der Waals surface area contributed by atoms with E-state index in [9.17, 15) is 4.79 Å². The van der Waals surface area contributed by atoms with Crippen LogP contribution in [0.2, 0.25) is 0 Å². The van der Waals surface area contributed by atoms with Gasteiger partial charge in [0.1, 0.15) is 0 Å². The minimum atomic E-state index is 0.236. The summed E-state index contributed by atoms with van der Waals surface area (Å²) in [7, 11) is 0. The van der Waals surface area contributed by atoms with Crippen LogP contribution in [0.4, 0.5) is 11.4 Å². The number of fused-ring (bicyclic) bond motifs is 1. The number of hydrogen-bond acceptors (Lipinski definition) is 4.